The third-order valence-corrected chi connectivity index (χ3v) is 2.16. The molecule has 13 heavy (non-hydrogen) atoms. The van der Waals surface area contributed by atoms with Gasteiger partial charge in [-0.25, -0.2) is 4.79 Å². The van der Waals surface area contributed by atoms with E-state index in [4.69, 9.17) is 9.84 Å². The topological polar surface area (TPSA) is 64.4 Å². The summed E-state index contributed by atoms with van der Waals surface area (Å²) in [4.78, 5) is 10.7. The van der Waals surface area contributed by atoms with Gasteiger partial charge in [-0.05, 0) is 22.9 Å². The van der Waals surface area contributed by atoms with Crippen LogP contribution in [0.1, 0.15) is 17.4 Å². The van der Waals surface area contributed by atoms with Crippen molar-refractivity contribution >= 4 is 21.9 Å². The van der Waals surface area contributed by atoms with Crippen LogP contribution >= 0.6 is 15.9 Å². The highest BCUT2D eigenvalue weighted by atomic mass is 79.9. The summed E-state index contributed by atoms with van der Waals surface area (Å²) in [5.41, 5.74) is 0.0865. The lowest BCUT2D eigenvalue weighted by Crippen LogP contribution is -2.05. The van der Waals surface area contributed by atoms with Crippen LogP contribution in [0.4, 0.5) is 0 Å². The molecule has 0 aliphatic carbocycles. The number of carboxylic acids is 1. The van der Waals surface area contributed by atoms with Gasteiger partial charge in [0.1, 0.15) is 4.47 Å². The van der Waals surface area contributed by atoms with Crippen LogP contribution < -0.4 is 4.74 Å². The second-order valence-electron chi connectivity index (χ2n) is 2.33. The highest BCUT2D eigenvalue weighted by molar-refractivity contribution is 9.10. The zero-order valence-electron chi connectivity index (χ0n) is 7.24. The zero-order valence-corrected chi connectivity index (χ0v) is 8.83. The van der Waals surface area contributed by atoms with Gasteiger partial charge in [0.15, 0.2) is 5.69 Å². The van der Waals surface area contributed by atoms with Crippen LogP contribution in [0.3, 0.4) is 0 Å². The fraction of sp³-hybridized carbons (Fsp3) is 0.429. The normalized spacial score (nSPS) is 10.1. The summed E-state index contributed by atoms with van der Waals surface area (Å²) in [6, 6.07) is 0. The molecule has 0 radical (unpaired) electrons. The quantitative estimate of drug-likeness (QED) is 0.876. The van der Waals surface area contributed by atoms with Crippen molar-refractivity contribution in [1.29, 1.82) is 0 Å². The SMILES string of the molecule is CCOc1nn(C)c(C(=O)O)c1Br. The van der Waals surface area contributed by atoms with Gasteiger partial charge in [0.2, 0.25) is 5.88 Å². The predicted molar refractivity (Wildman–Crippen MR) is 49.0 cm³/mol. The van der Waals surface area contributed by atoms with E-state index in [-0.39, 0.29) is 5.69 Å². The molecule has 1 heterocycles. The molecule has 6 heteroatoms. The Kier molecular flexibility index (Phi) is 2.92. The maximum absolute atomic E-state index is 10.7. The molecule has 0 amide bonds. The zero-order chi connectivity index (χ0) is 10.0. The fourth-order valence-corrected chi connectivity index (χ4v) is 1.55. The Morgan fingerprint density at radius 1 is 1.77 bits per heavy atom. The predicted octanol–water partition coefficient (Wildman–Crippen LogP) is 1.28. The lowest BCUT2D eigenvalue weighted by atomic mass is 10.4. The van der Waals surface area contributed by atoms with Crippen LogP contribution in [-0.4, -0.2) is 27.5 Å². The van der Waals surface area contributed by atoms with Crippen LogP contribution in [0.5, 0.6) is 5.88 Å². The van der Waals surface area contributed by atoms with E-state index in [1.807, 2.05) is 6.92 Å². The Bertz CT molecular complexity index is 335. The Labute approximate surface area is 83.4 Å². The molecular formula is C7H9BrN2O3. The Hall–Kier alpha value is -1.04. The maximum atomic E-state index is 10.7. The first-order valence-corrected chi connectivity index (χ1v) is 4.45. The van der Waals surface area contributed by atoms with Gasteiger partial charge in [-0.3, -0.25) is 4.68 Å². The molecule has 72 valence electrons. The number of hydrogen-bond acceptors (Lipinski definition) is 3. The summed E-state index contributed by atoms with van der Waals surface area (Å²) in [7, 11) is 1.55. The first-order chi connectivity index (χ1) is 6.07. The number of rotatable bonds is 3. The van der Waals surface area contributed by atoms with Crippen molar-refractivity contribution in [3.05, 3.63) is 10.2 Å². The Balaban J connectivity index is 3.14. The lowest BCUT2D eigenvalue weighted by Gasteiger charge is -1.96. The average Bonchev–Trinajstić information content (AvgIpc) is 2.28. The van der Waals surface area contributed by atoms with E-state index in [0.717, 1.165) is 0 Å². The van der Waals surface area contributed by atoms with E-state index in [9.17, 15) is 4.79 Å². The molecule has 0 saturated carbocycles. The van der Waals surface area contributed by atoms with Gasteiger partial charge in [0.05, 0.1) is 6.61 Å². The Morgan fingerprint density at radius 3 is 2.77 bits per heavy atom. The van der Waals surface area contributed by atoms with Gasteiger partial charge in [0.25, 0.3) is 0 Å². The summed E-state index contributed by atoms with van der Waals surface area (Å²) < 4.78 is 6.75. The summed E-state index contributed by atoms with van der Waals surface area (Å²) in [6.45, 7) is 2.26. The number of aryl methyl sites for hydroxylation is 1. The van der Waals surface area contributed by atoms with Crippen molar-refractivity contribution in [3.8, 4) is 5.88 Å². The first-order valence-electron chi connectivity index (χ1n) is 3.66. The molecule has 0 spiro atoms. The highest BCUT2D eigenvalue weighted by Crippen LogP contribution is 2.27. The van der Waals surface area contributed by atoms with Crippen molar-refractivity contribution in [2.75, 3.05) is 6.61 Å². The smallest absolute Gasteiger partial charge is 0.355 e. The molecule has 0 bridgehead atoms. The third-order valence-electron chi connectivity index (χ3n) is 1.44. The summed E-state index contributed by atoms with van der Waals surface area (Å²) >= 11 is 3.11. The number of carbonyl (C=O) groups is 1. The van der Waals surface area contributed by atoms with Crippen molar-refractivity contribution in [1.82, 2.24) is 9.78 Å². The van der Waals surface area contributed by atoms with E-state index in [2.05, 4.69) is 21.0 Å². The first kappa shape index (κ1) is 10.0. The van der Waals surface area contributed by atoms with Gasteiger partial charge in [0, 0.05) is 7.05 Å². The maximum Gasteiger partial charge on any atom is 0.355 e. The van der Waals surface area contributed by atoms with Crippen molar-refractivity contribution < 1.29 is 14.6 Å². The number of aromatic carboxylic acids is 1. The average molecular weight is 249 g/mol. The van der Waals surface area contributed by atoms with E-state index in [0.29, 0.717) is 17.0 Å². The van der Waals surface area contributed by atoms with Crippen LogP contribution in [0.2, 0.25) is 0 Å². The van der Waals surface area contributed by atoms with Crippen molar-refractivity contribution in [2.45, 2.75) is 6.92 Å². The van der Waals surface area contributed by atoms with Crippen LogP contribution in [0.25, 0.3) is 0 Å². The summed E-state index contributed by atoms with van der Waals surface area (Å²) in [6.07, 6.45) is 0. The summed E-state index contributed by atoms with van der Waals surface area (Å²) in [5, 5.41) is 12.7. The largest absolute Gasteiger partial charge is 0.476 e. The van der Waals surface area contributed by atoms with Gasteiger partial charge in [-0.1, -0.05) is 0 Å². The van der Waals surface area contributed by atoms with E-state index >= 15 is 0 Å². The second kappa shape index (κ2) is 3.78. The molecule has 0 aliphatic rings. The molecule has 5 nitrogen and oxygen atoms in total. The minimum absolute atomic E-state index is 0.0865. The molecule has 0 unspecified atom stereocenters. The number of hydrogen-bond donors (Lipinski definition) is 1. The minimum Gasteiger partial charge on any atom is -0.476 e. The lowest BCUT2D eigenvalue weighted by molar-refractivity contribution is 0.0684. The molecule has 1 aromatic rings. The molecule has 0 aliphatic heterocycles. The number of ether oxygens (including phenoxy) is 1. The van der Waals surface area contributed by atoms with Gasteiger partial charge >= 0.3 is 5.97 Å². The molecular weight excluding hydrogens is 240 g/mol. The van der Waals surface area contributed by atoms with Crippen LogP contribution in [-0.2, 0) is 7.05 Å². The molecule has 0 fully saturated rings. The molecule has 1 rings (SSSR count). The van der Waals surface area contributed by atoms with Crippen molar-refractivity contribution in [3.63, 3.8) is 0 Å². The highest BCUT2D eigenvalue weighted by Gasteiger charge is 2.20. The van der Waals surface area contributed by atoms with Crippen LogP contribution in [0, 0.1) is 0 Å². The van der Waals surface area contributed by atoms with E-state index < -0.39 is 5.97 Å². The Morgan fingerprint density at radius 2 is 2.38 bits per heavy atom. The molecule has 1 aromatic heterocycles. The molecule has 0 atom stereocenters. The van der Waals surface area contributed by atoms with Crippen molar-refractivity contribution in [2.24, 2.45) is 7.05 Å². The number of nitrogens with zero attached hydrogens (tertiary/aromatic N) is 2. The number of carboxylic acid groups (broad SMARTS) is 1. The standard InChI is InChI=1S/C7H9BrN2O3/c1-3-13-6-4(8)5(7(11)12)10(2)9-6/h3H2,1-2H3,(H,11,12). The molecule has 1 N–H and O–H groups in total. The minimum atomic E-state index is -1.03. The van der Waals surface area contributed by atoms with Gasteiger partial charge in [-0.15, -0.1) is 5.10 Å². The van der Waals surface area contributed by atoms with Gasteiger partial charge < -0.3 is 9.84 Å². The fourth-order valence-electron chi connectivity index (χ4n) is 0.935. The second-order valence-corrected chi connectivity index (χ2v) is 3.12. The monoisotopic (exact) mass is 248 g/mol. The number of aromatic nitrogens is 2. The molecule has 0 aromatic carbocycles. The molecule has 0 saturated heterocycles. The van der Waals surface area contributed by atoms with Crippen LogP contribution in [0.15, 0.2) is 4.47 Å². The van der Waals surface area contributed by atoms with Gasteiger partial charge in [-0.2, -0.15) is 0 Å². The number of halogens is 1. The third kappa shape index (κ3) is 1.82. The summed E-state index contributed by atoms with van der Waals surface area (Å²) in [5.74, 6) is -0.727. The van der Waals surface area contributed by atoms with E-state index in [1.54, 1.807) is 7.05 Å². The van der Waals surface area contributed by atoms with E-state index in [1.165, 1.54) is 4.68 Å².